The zero-order valence-electron chi connectivity index (χ0n) is 17.1. The van der Waals surface area contributed by atoms with Crippen LogP contribution in [0.5, 0.6) is 11.5 Å². The number of fused-ring (bicyclic) bond motifs is 1. The van der Waals surface area contributed by atoms with Crippen LogP contribution in [0.1, 0.15) is 11.1 Å². The minimum absolute atomic E-state index is 0.00668. The molecule has 1 heterocycles. The van der Waals surface area contributed by atoms with Crippen LogP contribution in [0.4, 0.5) is 0 Å². The smallest absolute Gasteiger partial charge is 0.285 e. The van der Waals surface area contributed by atoms with Gasteiger partial charge in [0.15, 0.2) is 0 Å². The lowest BCUT2D eigenvalue weighted by molar-refractivity contribution is 0.298. The summed E-state index contributed by atoms with van der Waals surface area (Å²) in [5.41, 5.74) is 2.01. The normalized spacial score (nSPS) is 12.1. The summed E-state index contributed by atoms with van der Waals surface area (Å²) in [6, 6.07) is 22.8. The lowest BCUT2D eigenvalue weighted by Gasteiger charge is -2.08. The summed E-state index contributed by atoms with van der Waals surface area (Å²) in [6.07, 6.45) is 0. The van der Waals surface area contributed by atoms with Crippen LogP contribution in [-0.2, 0) is 16.6 Å². The van der Waals surface area contributed by atoms with Crippen molar-refractivity contribution in [3.63, 3.8) is 0 Å². The zero-order chi connectivity index (χ0) is 21.8. The monoisotopic (exact) mass is 435 g/mol. The molecule has 0 atom stereocenters. The van der Waals surface area contributed by atoms with Gasteiger partial charge in [0.1, 0.15) is 23.7 Å². The maximum Gasteiger partial charge on any atom is 0.285 e. The second-order valence-corrected chi connectivity index (χ2v) is 8.56. The summed E-state index contributed by atoms with van der Waals surface area (Å²) in [4.78, 5) is 0.100. The summed E-state index contributed by atoms with van der Waals surface area (Å²) < 4.78 is 46.6. The first-order chi connectivity index (χ1) is 14.9. The number of methoxy groups -OCH3 is 1. The Morgan fingerprint density at radius 3 is 2.29 bits per heavy atom. The van der Waals surface area contributed by atoms with Crippen LogP contribution in [-0.4, -0.2) is 15.5 Å². The van der Waals surface area contributed by atoms with Gasteiger partial charge in [0.25, 0.3) is 10.0 Å². The molecule has 0 amide bonds. The summed E-state index contributed by atoms with van der Waals surface area (Å²) in [5.74, 6) is 1.33. The minimum atomic E-state index is -3.95. The van der Waals surface area contributed by atoms with Crippen molar-refractivity contribution in [1.82, 2.24) is 0 Å². The Labute approximate surface area is 180 Å². The molecule has 6 nitrogen and oxygen atoms in total. The largest absolute Gasteiger partial charge is 0.497 e. The molecule has 31 heavy (non-hydrogen) atoms. The Kier molecular flexibility index (Phi) is 5.77. The molecule has 7 heteroatoms. The van der Waals surface area contributed by atoms with Crippen molar-refractivity contribution in [3.05, 3.63) is 95.5 Å². The molecule has 158 valence electrons. The number of sulfonamides is 1. The van der Waals surface area contributed by atoms with E-state index in [0.29, 0.717) is 22.6 Å². The Morgan fingerprint density at radius 1 is 0.903 bits per heavy atom. The SMILES string of the molecule is COc1ccc(OCc2cc3ccccc3o/c2=N\S(=O)(=O)c2ccc(C)cc2)cc1. The van der Waals surface area contributed by atoms with Crippen molar-refractivity contribution in [1.29, 1.82) is 0 Å². The van der Waals surface area contributed by atoms with Crippen molar-refractivity contribution in [2.75, 3.05) is 7.11 Å². The van der Waals surface area contributed by atoms with Gasteiger partial charge >= 0.3 is 0 Å². The van der Waals surface area contributed by atoms with E-state index >= 15 is 0 Å². The van der Waals surface area contributed by atoms with Gasteiger partial charge < -0.3 is 13.9 Å². The van der Waals surface area contributed by atoms with Crippen molar-refractivity contribution < 1.29 is 22.3 Å². The molecule has 0 unspecified atom stereocenters. The quantitative estimate of drug-likeness (QED) is 0.442. The first-order valence-electron chi connectivity index (χ1n) is 9.61. The lowest BCUT2D eigenvalue weighted by atomic mass is 10.2. The summed E-state index contributed by atoms with van der Waals surface area (Å²) in [6.45, 7) is 1.98. The molecule has 0 radical (unpaired) electrons. The molecule has 4 rings (SSSR count). The van der Waals surface area contributed by atoms with E-state index in [0.717, 1.165) is 10.9 Å². The van der Waals surface area contributed by atoms with Crippen LogP contribution in [0.25, 0.3) is 11.0 Å². The van der Waals surface area contributed by atoms with Crippen LogP contribution < -0.4 is 15.0 Å². The van der Waals surface area contributed by atoms with Crippen molar-refractivity contribution >= 4 is 21.0 Å². The molecule has 0 saturated heterocycles. The molecular weight excluding hydrogens is 414 g/mol. The van der Waals surface area contributed by atoms with Crippen LogP contribution in [0, 0.1) is 6.92 Å². The van der Waals surface area contributed by atoms with Gasteiger partial charge in [0.2, 0.25) is 5.55 Å². The van der Waals surface area contributed by atoms with E-state index in [1.54, 1.807) is 49.6 Å². The summed E-state index contributed by atoms with van der Waals surface area (Å²) >= 11 is 0. The highest BCUT2D eigenvalue weighted by Gasteiger charge is 2.15. The fourth-order valence-corrected chi connectivity index (χ4v) is 3.96. The second kappa shape index (κ2) is 8.65. The third kappa shape index (κ3) is 4.78. The van der Waals surface area contributed by atoms with Gasteiger partial charge in [0.05, 0.1) is 17.6 Å². The Hall–Kier alpha value is -3.58. The Morgan fingerprint density at radius 2 is 1.58 bits per heavy atom. The number of rotatable bonds is 6. The maximum absolute atomic E-state index is 12.9. The van der Waals surface area contributed by atoms with Crippen molar-refractivity contribution in [2.24, 2.45) is 4.40 Å². The van der Waals surface area contributed by atoms with E-state index in [9.17, 15) is 8.42 Å². The molecule has 0 aliphatic carbocycles. The maximum atomic E-state index is 12.9. The minimum Gasteiger partial charge on any atom is -0.497 e. The van der Waals surface area contributed by atoms with E-state index in [-0.39, 0.29) is 17.1 Å². The molecule has 0 fully saturated rings. The Bertz CT molecular complexity index is 1370. The standard InChI is InChI=1S/C24H21NO5S/c1-17-7-13-22(14-8-17)31(26,27)25-24-19(15-18-5-3-4-6-23(18)30-24)16-29-21-11-9-20(28-2)10-12-21/h3-15H,16H2,1-2H3/b25-24-. The van der Waals surface area contributed by atoms with Crippen LogP contribution >= 0.6 is 0 Å². The van der Waals surface area contributed by atoms with E-state index in [4.69, 9.17) is 13.9 Å². The molecule has 0 aliphatic heterocycles. The average Bonchev–Trinajstić information content (AvgIpc) is 2.78. The Balaban J connectivity index is 1.75. The third-order valence-corrected chi connectivity index (χ3v) is 5.98. The molecule has 4 aromatic rings. The third-order valence-electron chi connectivity index (χ3n) is 4.71. The van der Waals surface area contributed by atoms with Crippen molar-refractivity contribution in [3.8, 4) is 11.5 Å². The number of aryl methyl sites for hydroxylation is 1. The fourth-order valence-electron chi connectivity index (χ4n) is 3.00. The highest BCUT2D eigenvalue weighted by molar-refractivity contribution is 7.90. The molecule has 1 aromatic heterocycles. The van der Waals surface area contributed by atoms with Gasteiger partial charge in [0, 0.05) is 5.39 Å². The first kappa shape index (κ1) is 20.7. The molecule has 0 saturated carbocycles. The van der Waals surface area contributed by atoms with Gasteiger partial charge in [-0.25, -0.2) is 0 Å². The summed E-state index contributed by atoms with van der Waals surface area (Å²) in [5, 5.41) is 0.822. The number of nitrogens with zero attached hydrogens (tertiary/aromatic N) is 1. The van der Waals surface area contributed by atoms with E-state index in [2.05, 4.69) is 4.40 Å². The number of para-hydroxylation sites is 1. The average molecular weight is 436 g/mol. The van der Waals surface area contributed by atoms with Crippen LogP contribution in [0.15, 0.2) is 92.6 Å². The molecule has 0 aliphatic rings. The number of ether oxygens (including phenoxy) is 2. The molecule has 0 spiro atoms. The van der Waals surface area contributed by atoms with Crippen LogP contribution in [0.3, 0.4) is 0 Å². The van der Waals surface area contributed by atoms with E-state index in [1.165, 1.54) is 12.1 Å². The van der Waals surface area contributed by atoms with Gasteiger partial charge in [-0.3, -0.25) is 0 Å². The predicted molar refractivity (Wildman–Crippen MR) is 117 cm³/mol. The number of hydrogen-bond donors (Lipinski definition) is 0. The fraction of sp³-hybridized carbons (Fsp3) is 0.125. The zero-order valence-corrected chi connectivity index (χ0v) is 17.9. The predicted octanol–water partition coefficient (Wildman–Crippen LogP) is 4.62. The van der Waals surface area contributed by atoms with Gasteiger partial charge in [-0.1, -0.05) is 35.9 Å². The molecular formula is C24H21NO5S. The van der Waals surface area contributed by atoms with Crippen LogP contribution in [0.2, 0.25) is 0 Å². The van der Waals surface area contributed by atoms with Crippen molar-refractivity contribution in [2.45, 2.75) is 18.4 Å². The lowest BCUT2D eigenvalue weighted by Crippen LogP contribution is -2.15. The molecule has 0 N–H and O–H groups in total. The highest BCUT2D eigenvalue weighted by atomic mass is 32.2. The van der Waals surface area contributed by atoms with Gasteiger partial charge in [-0.15, -0.1) is 4.40 Å². The summed E-state index contributed by atoms with van der Waals surface area (Å²) in [7, 11) is -2.36. The number of benzene rings is 3. The first-order valence-corrected chi connectivity index (χ1v) is 11.0. The van der Waals surface area contributed by atoms with E-state index in [1.807, 2.05) is 31.2 Å². The molecule has 3 aromatic carbocycles. The molecule has 0 bridgehead atoms. The second-order valence-electron chi connectivity index (χ2n) is 6.96. The highest BCUT2D eigenvalue weighted by Crippen LogP contribution is 2.20. The topological polar surface area (TPSA) is 78.1 Å². The van der Waals surface area contributed by atoms with Gasteiger partial charge in [-0.05, 0) is 55.5 Å². The van der Waals surface area contributed by atoms with Gasteiger partial charge in [-0.2, -0.15) is 8.42 Å². The van der Waals surface area contributed by atoms with E-state index < -0.39 is 10.0 Å². The number of hydrogen-bond acceptors (Lipinski definition) is 5.